The van der Waals surface area contributed by atoms with Crippen molar-refractivity contribution in [3.8, 4) is 0 Å². The third-order valence-electron chi connectivity index (χ3n) is 3.83. The zero-order valence-electron chi connectivity index (χ0n) is 9.91. The Kier molecular flexibility index (Phi) is 3.33. The van der Waals surface area contributed by atoms with Crippen LogP contribution in [0.2, 0.25) is 0 Å². The van der Waals surface area contributed by atoms with E-state index in [-0.39, 0.29) is 5.54 Å². The molecule has 0 aliphatic carbocycles. The Balaban J connectivity index is 1.97. The maximum Gasteiger partial charge on any atom is 0.0654 e. The molecule has 2 aliphatic rings. The van der Waals surface area contributed by atoms with Gasteiger partial charge < -0.3 is 9.84 Å². The monoisotopic (exact) mass is 213 g/mol. The van der Waals surface area contributed by atoms with E-state index < -0.39 is 0 Å². The van der Waals surface area contributed by atoms with Crippen LogP contribution < -0.4 is 0 Å². The third-order valence-corrected chi connectivity index (χ3v) is 3.83. The minimum atomic E-state index is 0.262. The molecule has 2 fully saturated rings. The zero-order chi connectivity index (χ0) is 10.9. The summed E-state index contributed by atoms with van der Waals surface area (Å²) in [6.45, 7) is 7.62. The summed E-state index contributed by atoms with van der Waals surface area (Å²) >= 11 is 0. The van der Waals surface area contributed by atoms with E-state index in [1.807, 2.05) is 0 Å². The van der Waals surface area contributed by atoms with Crippen LogP contribution in [0.4, 0.5) is 0 Å². The first-order chi connectivity index (χ1) is 7.16. The summed E-state index contributed by atoms with van der Waals surface area (Å²) in [5.41, 5.74) is 0.262. The topological polar surface area (TPSA) is 32.7 Å². The van der Waals surface area contributed by atoms with Gasteiger partial charge in [0.15, 0.2) is 0 Å². The maximum absolute atomic E-state index is 9.25. The first-order valence-electron chi connectivity index (χ1n) is 6.14. The number of aliphatic hydroxyl groups excluding tert-OH is 1. The molecule has 15 heavy (non-hydrogen) atoms. The lowest BCUT2D eigenvalue weighted by molar-refractivity contribution is 0.00273. The minimum absolute atomic E-state index is 0.262. The number of nitrogens with zero attached hydrogens (tertiary/aromatic N) is 1. The number of rotatable bonds is 4. The normalized spacial score (nSPS) is 36.4. The van der Waals surface area contributed by atoms with E-state index in [4.69, 9.17) is 4.74 Å². The lowest BCUT2D eigenvalue weighted by atomic mass is 9.91. The highest BCUT2D eigenvalue weighted by molar-refractivity contribution is 5.03. The summed E-state index contributed by atoms with van der Waals surface area (Å²) in [5.74, 6) is 0.473. The summed E-state index contributed by atoms with van der Waals surface area (Å²) in [4.78, 5) is 2.54. The van der Waals surface area contributed by atoms with Crippen molar-refractivity contribution < 1.29 is 9.84 Å². The fourth-order valence-electron chi connectivity index (χ4n) is 3.09. The van der Waals surface area contributed by atoms with E-state index in [9.17, 15) is 5.11 Å². The number of aliphatic hydroxyl groups is 1. The van der Waals surface area contributed by atoms with Crippen LogP contribution in [0.1, 0.15) is 33.1 Å². The SMILES string of the molecule is CC(C)OCC12CCCN1C[C@H](CO)C2. The molecule has 3 heteroatoms. The molecule has 0 bridgehead atoms. The van der Waals surface area contributed by atoms with Gasteiger partial charge in [-0.1, -0.05) is 0 Å². The Morgan fingerprint density at radius 1 is 1.53 bits per heavy atom. The number of hydrogen-bond donors (Lipinski definition) is 1. The number of fused-ring (bicyclic) bond motifs is 1. The summed E-state index contributed by atoms with van der Waals surface area (Å²) < 4.78 is 5.80. The second-order valence-electron chi connectivity index (χ2n) is 5.39. The highest BCUT2D eigenvalue weighted by atomic mass is 16.5. The van der Waals surface area contributed by atoms with Crippen LogP contribution in [-0.4, -0.2) is 48.0 Å². The Morgan fingerprint density at radius 2 is 2.33 bits per heavy atom. The average Bonchev–Trinajstić information content (AvgIpc) is 2.70. The van der Waals surface area contributed by atoms with E-state index >= 15 is 0 Å². The number of ether oxygens (including phenoxy) is 1. The molecule has 3 nitrogen and oxygen atoms in total. The van der Waals surface area contributed by atoms with Crippen LogP contribution in [0.15, 0.2) is 0 Å². The van der Waals surface area contributed by atoms with Crippen LogP contribution in [0.3, 0.4) is 0 Å². The predicted molar refractivity (Wildman–Crippen MR) is 59.8 cm³/mol. The van der Waals surface area contributed by atoms with Crippen molar-refractivity contribution in [1.29, 1.82) is 0 Å². The van der Waals surface area contributed by atoms with E-state index in [1.165, 1.54) is 19.4 Å². The molecule has 2 atom stereocenters. The molecular formula is C12H23NO2. The molecule has 0 saturated carbocycles. The molecule has 1 N–H and O–H groups in total. The van der Waals surface area contributed by atoms with Gasteiger partial charge in [-0.05, 0) is 45.6 Å². The molecule has 0 aromatic carbocycles. The molecule has 2 heterocycles. The van der Waals surface area contributed by atoms with Gasteiger partial charge in [-0.15, -0.1) is 0 Å². The van der Waals surface area contributed by atoms with Crippen LogP contribution in [0.5, 0.6) is 0 Å². The average molecular weight is 213 g/mol. The predicted octanol–water partition coefficient (Wildman–Crippen LogP) is 1.26. The highest BCUT2D eigenvalue weighted by Gasteiger charge is 2.48. The van der Waals surface area contributed by atoms with Gasteiger partial charge in [0.2, 0.25) is 0 Å². The van der Waals surface area contributed by atoms with Crippen molar-refractivity contribution in [1.82, 2.24) is 4.90 Å². The largest absolute Gasteiger partial charge is 0.396 e. The first kappa shape index (κ1) is 11.4. The van der Waals surface area contributed by atoms with Crippen LogP contribution in [0.25, 0.3) is 0 Å². The van der Waals surface area contributed by atoms with Crippen LogP contribution in [0, 0.1) is 5.92 Å². The maximum atomic E-state index is 9.25. The van der Waals surface area contributed by atoms with Gasteiger partial charge in [0.1, 0.15) is 0 Å². The summed E-state index contributed by atoms with van der Waals surface area (Å²) in [6, 6.07) is 0. The molecule has 0 spiro atoms. The Labute approximate surface area is 92.4 Å². The second-order valence-corrected chi connectivity index (χ2v) is 5.39. The highest BCUT2D eigenvalue weighted by Crippen LogP contribution is 2.41. The lowest BCUT2D eigenvalue weighted by Gasteiger charge is -2.32. The van der Waals surface area contributed by atoms with Gasteiger partial charge in [-0.2, -0.15) is 0 Å². The van der Waals surface area contributed by atoms with Gasteiger partial charge in [-0.25, -0.2) is 0 Å². The fraction of sp³-hybridized carbons (Fsp3) is 1.00. The Morgan fingerprint density at radius 3 is 3.00 bits per heavy atom. The molecule has 2 rings (SSSR count). The first-order valence-corrected chi connectivity index (χ1v) is 6.14. The molecule has 2 aliphatic heterocycles. The van der Waals surface area contributed by atoms with Crippen molar-refractivity contribution in [2.24, 2.45) is 5.92 Å². The third kappa shape index (κ3) is 2.19. The van der Waals surface area contributed by atoms with Gasteiger partial charge in [0.05, 0.1) is 12.7 Å². The summed E-state index contributed by atoms with van der Waals surface area (Å²) in [5, 5.41) is 9.25. The number of hydrogen-bond acceptors (Lipinski definition) is 3. The molecule has 1 unspecified atom stereocenters. The molecule has 0 aromatic rings. The lowest BCUT2D eigenvalue weighted by Crippen LogP contribution is -2.43. The molecule has 0 aromatic heterocycles. The smallest absolute Gasteiger partial charge is 0.0654 e. The minimum Gasteiger partial charge on any atom is -0.396 e. The van der Waals surface area contributed by atoms with Crippen LogP contribution in [-0.2, 0) is 4.74 Å². The second kappa shape index (κ2) is 4.40. The van der Waals surface area contributed by atoms with E-state index in [0.717, 1.165) is 19.6 Å². The summed E-state index contributed by atoms with van der Waals surface area (Å²) in [6.07, 6.45) is 3.97. The van der Waals surface area contributed by atoms with Gasteiger partial charge in [-0.3, -0.25) is 4.90 Å². The quantitative estimate of drug-likeness (QED) is 0.763. The van der Waals surface area contributed by atoms with E-state index in [2.05, 4.69) is 18.7 Å². The van der Waals surface area contributed by atoms with Crippen LogP contribution >= 0.6 is 0 Å². The van der Waals surface area contributed by atoms with Gasteiger partial charge >= 0.3 is 0 Å². The molecule has 2 saturated heterocycles. The van der Waals surface area contributed by atoms with Crippen molar-refractivity contribution in [2.75, 3.05) is 26.3 Å². The molecule has 0 amide bonds. The van der Waals surface area contributed by atoms with Crippen molar-refractivity contribution in [2.45, 2.75) is 44.8 Å². The fourth-order valence-corrected chi connectivity index (χ4v) is 3.09. The molecule has 88 valence electrons. The standard InChI is InChI=1S/C12H23NO2/c1-10(2)15-9-12-4-3-5-13(12)7-11(6-12)8-14/h10-11,14H,3-9H2,1-2H3/t11-,12?/m1/s1. The van der Waals surface area contributed by atoms with Crippen molar-refractivity contribution >= 4 is 0 Å². The summed E-state index contributed by atoms with van der Waals surface area (Å²) in [7, 11) is 0. The van der Waals surface area contributed by atoms with Crippen molar-refractivity contribution in [3.05, 3.63) is 0 Å². The van der Waals surface area contributed by atoms with Gasteiger partial charge in [0.25, 0.3) is 0 Å². The van der Waals surface area contributed by atoms with Crippen molar-refractivity contribution in [3.63, 3.8) is 0 Å². The molecule has 0 radical (unpaired) electrons. The van der Waals surface area contributed by atoms with E-state index in [1.54, 1.807) is 0 Å². The van der Waals surface area contributed by atoms with E-state index in [0.29, 0.717) is 18.6 Å². The zero-order valence-corrected chi connectivity index (χ0v) is 9.91. The van der Waals surface area contributed by atoms with Gasteiger partial charge in [0, 0.05) is 18.7 Å². The Bertz CT molecular complexity index is 220. The Hall–Kier alpha value is -0.120. The molecular weight excluding hydrogens is 190 g/mol.